The third kappa shape index (κ3) is 3.83. The number of sulfone groups is 1. The summed E-state index contributed by atoms with van der Waals surface area (Å²) in [5.41, 5.74) is 2.14. The van der Waals surface area contributed by atoms with Crippen LogP contribution in [-0.2, 0) is 14.6 Å². The lowest BCUT2D eigenvalue weighted by Gasteiger charge is -2.24. The molecule has 0 radical (unpaired) electrons. The van der Waals surface area contributed by atoms with Crippen molar-refractivity contribution < 1.29 is 13.2 Å². The number of hydrogen-bond donors (Lipinski definition) is 1. The predicted octanol–water partition coefficient (Wildman–Crippen LogP) is 1.25. The molecule has 0 spiro atoms. The molecule has 2 atom stereocenters. The van der Waals surface area contributed by atoms with Crippen LogP contribution >= 0.6 is 0 Å². The highest BCUT2D eigenvalue weighted by atomic mass is 32.2. The smallest absolute Gasteiger partial charge is 0.241 e. The maximum absolute atomic E-state index is 12.4. The Morgan fingerprint density at radius 2 is 1.86 bits per heavy atom. The van der Waals surface area contributed by atoms with Gasteiger partial charge in [-0.05, 0) is 18.9 Å². The van der Waals surface area contributed by atoms with E-state index in [0.29, 0.717) is 6.42 Å². The molecule has 1 amide bonds. The zero-order valence-corrected chi connectivity index (χ0v) is 13.5. The third-order valence-electron chi connectivity index (χ3n) is 3.76. The van der Waals surface area contributed by atoms with Crippen molar-refractivity contribution in [3.63, 3.8) is 0 Å². The Morgan fingerprint density at radius 3 is 2.38 bits per heavy atom. The van der Waals surface area contributed by atoms with Gasteiger partial charge in [-0.3, -0.25) is 10.1 Å². The maximum Gasteiger partial charge on any atom is 0.241 e. The summed E-state index contributed by atoms with van der Waals surface area (Å²) in [4.78, 5) is 14.0. The molecule has 1 saturated heterocycles. The molecule has 2 unspecified atom stereocenters. The van der Waals surface area contributed by atoms with Crippen molar-refractivity contribution in [3.8, 4) is 0 Å². The fraction of sp³-hybridized carbons (Fsp3) is 0.533. The number of rotatable bonds is 5. The molecule has 116 valence electrons. The number of aryl methyl sites for hydroxylation is 1. The first-order chi connectivity index (χ1) is 9.81. The first-order valence-electron chi connectivity index (χ1n) is 7.12. The van der Waals surface area contributed by atoms with E-state index < -0.39 is 9.84 Å². The van der Waals surface area contributed by atoms with Gasteiger partial charge in [0.15, 0.2) is 0 Å². The Labute approximate surface area is 126 Å². The van der Waals surface area contributed by atoms with Crippen LogP contribution in [0.2, 0.25) is 0 Å². The summed E-state index contributed by atoms with van der Waals surface area (Å²) in [5.74, 6) is -0.0362. The van der Waals surface area contributed by atoms with Gasteiger partial charge >= 0.3 is 0 Å². The van der Waals surface area contributed by atoms with Crippen molar-refractivity contribution in [2.45, 2.75) is 32.5 Å². The second kappa shape index (κ2) is 6.15. The molecule has 0 bridgehead atoms. The summed E-state index contributed by atoms with van der Waals surface area (Å²) in [6.07, 6.45) is 1.64. The van der Waals surface area contributed by atoms with E-state index in [1.54, 1.807) is 4.90 Å². The molecule has 1 heterocycles. The maximum atomic E-state index is 12.4. The summed E-state index contributed by atoms with van der Waals surface area (Å²) in [6.45, 7) is 4.18. The minimum Gasteiger partial charge on any atom is -0.321 e. The van der Waals surface area contributed by atoms with Gasteiger partial charge < -0.3 is 4.90 Å². The summed E-state index contributed by atoms with van der Waals surface area (Å²) < 4.78 is 22.8. The Hall–Kier alpha value is -1.40. The molecule has 0 aromatic heterocycles. The lowest BCUT2D eigenvalue weighted by Crippen LogP contribution is -2.34. The van der Waals surface area contributed by atoms with Crippen molar-refractivity contribution in [3.05, 3.63) is 35.4 Å². The molecule has 1 aliphatic heterocycles. The zero-order valence-electron chi connectivity index (χ0n) is 12.7. The predicted molar refractivity (Wildman–Crippen MR) is 82.6 cm³/mol. The van der Waals surface area contributed by atoms with Crippen LogP contribution < -0.4 is 5.32 Å². The minimum atomic E-state index is -3.09. The highest BCUT2D eigenvalue weighted by molar-refractivity contribution is 7.90. The van der Waals surface area contributed by atoms with Crippen molar-refractivity contribution in [1.29, 1.82) is 0 Å². The topological polar surface area (TPSA) is 66.5 Å². The van der Waals surface area contributed by atoms with Gasteiger partial charge in [0.1, 0.15) is 16.0 Å². The molecule has 1 N–H and O–H groups in total. The fourth-order valence-corrected chi connectivity index (χ4v) is 3.03. The third-order valence-corrected chi connectivity index (χ3v) is 4.68. The second-order valence-corrected chi connectivity index (χ2v) is 7.86. The molecule has 2 rings (SSSR count). The highest BCUT2D eigenvalue weighted by Gasteiger charge is 2.38. The first kappa shape index (κ1) is 16.0. The number of nitrogens with one attached hydrogen (secondary N) is 1. The van der Waals surface area contributed by atoms with Crippen LogP contribution in [0.25, 0.3) is 0 Å². The van der Waals surface area contributed by atoms with Crippen molar-refractivity contribution in [1.82, 2.24) is 10.2 Å². The zero-order chi connectivity index (χ0) is 15.6. The van der Waals surface area contributed by atoms with Crippen LogP contribution in [0.5, 0.6) is 0 Å². The van der Waals surface area contributed by atoms with E-state index in [2.05, 4.69) is 5.32 Å². The molecule has 0 saturated carbocycles. The van der Waals surface area contributed by atoms with Crippen LogP contribution in [-0.4, -0.2) is 43.8 Å². The van der Waals surface area contributed by atoms with E-state index in [9.17, 15) is 13.2 Å². The van der Waals surface area contributed by atoms with Gasteiger partial charge in [-0.1, -0.05) is 36.8 Å². The molecule has 1 aliphatic rings. The van der Waals surface area contributed by atoms with Gasteiger partial charge in [0.2, 0.25) is 5.91 Å². The number of carbonyl (C=O) groups is 1. The Kier molecular flexibility index (Phi) is 4.68. The molecule has 1 fully saturated rings. The molecular weight excluding hydrogens is 288 g/mol. The molecule has 21 heavy (non-hydrogen) atoms. The Morgan fingerprint density at radius 1 is 1.24 bits per heavy atom. The number of hydrogen-bond acceptors (Lipinski definition) is 4. The van der Waals surface area contributed by atoms with E-state index in [0.717, 1.165) is 11.1 Å². The fourth-order valence-electron chi connectivity index (χ4n) is 2.50. The Balaban J connectivity index is 2.23. The summed E-state index contributed by atoms with van der Waals surface area (Å²) in [5, 5.41) is 3.29. The van der Waals surface area contributed by atoms with Crippen LogP contribution in [0.1, 0.15) is 30.6 Å². The Bertz CT molecular complexity index is 610. The summed E-state index contributed by atoms with van der Waals surface area (Å²) in [6, 6.07) is 7.71. The molecule has 1 aromatic rings. The lowest BCUT2D eigenvalue weighted by molar-refractivity contribution is -0.129. The van der Waals surface area contributed by atoms with Gasteiger partial charge in [0, 0.05) is 12.8 Å². The molecular formula is C15H22N2O3S. The summed E-state index contributed by atoms with van der Waals surface area (Å²) in [7, 11) is -3.09. The quantitative estimate of drug-likeness (QED) is 0.889. The van der Waals surface area contributed by atoms with Crippen LogP contribution in [0.15, 0.2) is 24.3 Å². The van der Waals surface area contributed by atoms with Crippen molar-refractivity contribution >= 4 is 15.7 Å². The SMILES string of the molecule is CCC1NC(c2ccc(C)cc2)N(CCS(C)(=O)=O)C1=O. The number of carbonyl (C=O) groups excluding carboxylic acids is 1. The van der Waals surface area contributed by atoms with Crippen molar-refractivity contribution in [2.24, 2.45) is 0 Å². The van der Waals surface area contributed by atoms with Gasteiger partial charge in [-0.25, -0.2) is 8.42 Å². The lowest BCUT2D eigenvalue weighted by atomic mass is 10.1. The minimum absolute atomic E-state index is 0.0147. The van der Waals surface area contributed by atoms with Gasteiger partial charge in [-0.2, -0.15) is 0 Å². The van der Waals surface area contributed by atoms with Crippen LogP contribution in [0, 0.1) is 6.92 Å². The number of nitrogens with zero attached hydrogens (tertiary/aromatic N) is 1. The van der Waals surface area contributed by atoms with Gasteiger partial charge in [-0.15, -0.1) is 0 Å². The molecule has 6 heteroatoms. The highest BCUT2D eigenvalue weighted by Crippen LogP contribution is 2.26. The first-order valence-corrected chi connectivity index (χ1v) is 9.18. The molecule has 5 nitrogen and oxygen atoms in total. The largest absolute Gasteiger partial charge is 0.321 e. The van der Waals surface area contributed by atoms with Gasteiger partial charge in [0.25, 0.3) is 0 Å². The van der Waals surface area contributed by atoms with Gasteiger partial charge in [0.05, 0.1) is 11.8 Å². The van der Waals surface area contributed by atoms with E-state index in [4.69, 9.17) is 0 Å². The van der Waals surface area contributed by atoms with E-state index in [1.807, 2.05) is 38.1 Å². The average Bonchev–Trinajstić information content (AvgIpc) is 2.73. The standard InChI is InChI=1S/C15H22N2O3S/c1-4-13-15(18)17(9-10-21(3,19)20)14(16-13)12-7-5-11(2)6-8-12/h5-8,13-14,16H,4,9-10H2,1-3H3. The molecule has 1 aromatic carbocycles. The monoisotopic (exact) mass is 310 g/mol. The molecule has 0 aliphatic carbocycles. The van der Waals surface area contributed by atoms with Crippen LogP contribution in [0.3, 0.4) is 0 Å². The van der Waals surface area contributed by atoms with Crippen LogP contribution in [0.4, 0.5) is 0 Å². The van der Waals surface area contributed by atoms with E-state index in [-0.39, 0.29) is 30.4 Å². The normalized spacial score (nSPS) is 22.8. The average molecular weight is 310 g/mol. The number of amides is 1. The summed E-state index contributed by atoms with van der Waals surface area (Å²) >= 11 is 0. The number of benzene rings is 1. The second-order valence-electron chi connectivity index (χ2n) is 5.60. The van der Waals surface area contributed by atoms with E-state index >= 15 is 0 Å². The van der Waals surface area contributed by atoms with Crippen molar-refractivity contribution in [2.75, 3.05) is 18.6 Å². The van der Waals surface area contributed by atoms with E-state index in [1.165, 1.54) is 6.26 Å².